The highest BCUT2D eigenvalue weighted by molar-refractivity contribution is 5.87. The van der Waals surface area contributed by atoms with Crippen LogP contribution in [-0.2, 0) is 9.59 Å². The van der Waals surface area contributed by atoms with Gasteiger partial charge in [0.25, 0.3) is 0 Å². The summed E-state index contributed by atoms with van der Waals surface area (Å²) in [6, 6.07) is -0.995. The number of carboxylic acid groups (broad SMARTS) is 1. The van der Waals surface area contributed by atoms with Gasteiger partial charge in [0, 0.05) is 0 Å². The van der Waals surface area contributed by atoms with Crippen molar-refractivity contribution in [2.24, 2.45) is 5.92 Å². The van der Waals surface area contributed by atoms with E-state index in [0.717, 1.165) is 25.8 Å². The lowest BCUT2D eigenvalue weighted by Crippen LogP contribution is -2.50. The predicted octanol–water partition coefficient (Wildman–Crippen LogP) is 0.354. The van der Waals surface area contributed by atoms with E-state index >= 15 is 0 Å². The number of carboxylic acids is 1. The minimum absolute atomic E-state index is 0.0529. The average Bonchev–Trinajstić information content (AvgIpc) is 2.77. The van der Waals surface area contributed by atoms with Gasteiger partial charge in [-0.25, -0.2) is 4.79 Å². The second-order valence-corrected chi connectivity index (χ2v) is 4.36. The Hall–Kier alpha value is -1.10. The molecule has 1 fully saturated rings. The smallest absolute Gasteiger partial charge is 0.326 e. The summed E-state index contributed by atoms with van der Waals surface area (Å²) in [4.78, 5) is 22.8. The van der Waals surface area contributed by atoms with Gasteiger partial charge in [0.2, 0.25) is 5.91 Å². The summed E-state index contributed by atoms with van der Waals surface area (Å²) < 4.78 is 0. The van der Waals surface area contributed by atoms with Crippen molar-refractivity contribution in [3.05, 3.63) is 0 Å². The molecule has 3 N–H and O–H groups in total. The summed E-state index contributed by atoms with van der Waals surface area (Å²) in [6.07, 6.45) is 2.49. The molecule has 5 heteroatoms. The Morgan fingerprint density at radius 3 is 2.69 bits per heavy atom. The van der Waals surface area contributed by atoms with Gasteiger partial charge >= 0.3 is 5.97 Å². The average molecular weight is 228 g/mol. The molecule has 16 heavy (non-hydrogen) atoms. The van der Waals surface area contributed by atoms with E-state index < -0.39 is 12.0 Å². The lowest BCUT2D eigenvalue weighted by atomic mass is 9.99. The van der Waals surface area contributed by atoms with Crippen LogP contribution in [0.3, 0.4) is 0 Å². The molecule has 1 aliphatic rings. The minimum Gasteiger partial charge on any atom is -0.480 e. The molecule has 3 atom stereocenters. The standard InChI is InChI=1S/C11H20N2O3/c1-3-7(2)9(11(15)16)13-10(14)8-5-4-6-12-8/h7-9,12H,3-6H2,1-2H3,(H,13,14)(H,15,16)/t7?,8-,9+/m1/s1. The number of nitrogens with one attached hydrogen (secondary N) is 2. The molecule has 0 bridgehead atoms. The van der Waals surface area contributed by atoms with Crippen LogP contribution < -0.4 is 10.6 Å². The Bertz CT molecular complexity index is 262. The largest absolute Gasteiger partial charge is 0.480 e. The van der Waals surface area contributed by atoms with E-state index in [0.29, 0.717) is 0 Å². The zero-order valence-electron chi connectivity index (χ0n) is 9.82. The van der Waals surface area contributed by atoms with E-state index in [-0.39, 0.29) is 17.9 Å². The third-order valence-electron chi connectivity index (χ3n) is 3.15. The van der Waals surface area contributed by atoms with Crippen LogP contribution in [0.25, 0.3) is 0 Å². The molecule has 1 heterocycles. The second-order valence-electron chi connectivity index (χ2n) is 4.36. The molecular weight excluding hydrogens is 208 g/mol. The van der Waals surface area contributed by atoms with Crippen LogP contribution in [0.2, 0.25) is 0 Å². The number of hydrogen-bond donors (Lipinski definition) is 3. The molecule has 0 spiro atoms. The lowest BCUT2D eigenvalue weighted by Gasteiger charge is -2.22. The van der Waals surface area contributed by atoms with Crippen molar-refractivity contribution in [1.82, 2.24) is 10.6 Å². The van der Waals surface area contributed by atoms with E-state index in [4.69, 9.17) is 5.11 Å². The highest BCUT2D eigenvalue weighted by Gasteiger charge is 2.29. The Balaban J connectivity index is 2.53. The van der Waals surface area contributed by atoms with E-state index in [1.165, 1.54) is 0 Å². The monoisotopic (exact) mass is 228 g/mol. The molecule has 1 rings (SSSR count). The van der Waals surface area contributed by atoms with Crippen molar-refractivity contribution in [2.75, 3.05) is 6.54 Å². The van der Waals surface area contributed by atoms with E-state index in [1.54, 1.807) is 0 Å². The highest BCUT2D eigenvalue weighted by atomic mass is 16.4. The van der Waals surface area contributed by atoms with Crippen molar-refractivity contribution in [3.63, 3.8) is 0 Å². The summed E-state index contributed by atoms with van der Waals surface area (Å²) in [7, 11) is 0. The van der Waals surface area contributed by atoms with Crippen LogP contribution in [0.15, 0.2) is 0 Å². The third-order valence-corrected chi connectivity index (χ3v) is 3.15. The zero-order valence-corrected chi connectivity index (χ0v) is 9.82. The summed E-state index contributed by atoms with van der Waals surface area (Å²) in [5, 5.41) is 14.7. The molecule has 1 amide bonds. The summed E-state index contributed by atoms with van der Waals surface area (Å²) in [5.41, 5.74) is 0. The van der Waals surface area contributed by atoms with Crippen LogP contribution >= 0.6 is 0 Å². The topological polar surface area (TPSA) is 78.4 Å². The first kappa shape index (κ1) is 13.0. The highest BCUT2D eigenvalue weighted by Crippen LogP contribution is 2.10. The van der Waals surface area contributed by atoms with E-state index in [1.807, 2.05) is 13.8 Å². The van der Waals surface area contributed by atoms with Crippen molar-refractivity contribution < 1.29 is 14.7 Å². The van der Waals surface area contributed by atoms with Crippen molar-refractivity contribution in [2.45, 2.75) is 45.2 Å². The van der Waals surface area contributed by atoms with Crippen molar-refractivity contribution >= 4 is 11.9 Å². The van der Waals surface area contributed by atoms with Gasteiger partial charge in [-0.1, -0.05) is 20.3 Å². The summed E-state index contributed by atoms with van der Waals surface area (Å²) >= 11 is 0. The van der Waals surface area contributed by atoms with Crippen LogP contribution in [0, 0.1) is 5.92 Å². The number of aliphatic carboxylic acids is 1. The maximum atomic E-state index is 11.7. The van der Waals surface area contributed by atoms with Gasteiger partial charge in [0.1, 0.15) is 6.04 Å². The first-order chi connectivity index (χ1) is 7.56. The molecule has 1 saturated heterocycles. The van der Waals surface area contributed by atoms with Gasteiger partial charge in [0.15, 0.2) is 0 Å². The number of rotatable bonds is 5. The molecule has 0 radical (unpaired) electrons. The van der Waals surface area contributed by atoms with Crippen LogP contribution in [0.4, 0.5) is 0 Å². The van der Waals surface area contributed by atoms with Crippen LogP contribution in [0.1, 0.15) is 33.1 Å². The molecule has 0 aromatic heterocycles. The minimum atomic E-state index is -0.958. The molecule has 1 unspecified atom stereocenters. The van der Waals surface area contributed by atoms with Gasteiger partial charge in [0.05, 0.1) is 6.04 Å². The molecular formula is C11H20N2O3. The summed E-state index contributed by atoms with van der Waals surface area (Å²) in [6.45, 7) is 4.58. The maximum absolute atomic E-state index is 11.7. The van der Waals surface area contributed by atoms with Crippen LogP contribution in [-0.4, -0.2) is 35.6 Å². The SMILES string of the molecule is CCC(C)[C@H](NC(=O)[C@H]1CCCN1)C(=O)O. The number of amides is 1. The van der Waals surface area contributed by atoms with Gasteiger partial charge in [-0.3, -0.25) is 4.79 Å². The van der Waals surface area contributed by atoms with Gasteiger partial charge in [-0.05, 0) is 25.3 Å². The molecule has 1 aliphatic heterocycles. The molecule has 5 nitrogen and oxygen atoms in total. The fraction of sp³-hybridized carbons (Fsp3) is 0.818. The Morgan fingerprint density at radius 2 is 2.25 bits per heavy atom. The molecule has 0 aromatic carbocycles. The first-order valence-electron chi connectivity index (χ1n) is 5.82. The molecule has 0 aliphatic carbocycles. The Labute approximate surface area is 95.6 Å². The lowest BCUT2D eigenvalue weighted by molar-refractivity contribution is -0.143. The van der Waals surface area contributed by atoms with Gasteiger partial charge < -0.3 is 15.7 Å². The van der Waals surface area contributed by atoms with E-state index in [9.17, 15) is 9.59 Å². The molecule has 0 aromatic rings. The predicted molar refractivity (Wildman–Crippen MR) is 60.0 cm³/mol. The maximum Gasteiger partial charge on any atom is 0.326 e. The van der Waals surface area contributed by atoms with E-state index in [2.05, 4.69) is 10.6 Å². The number of carbonyl (C=O) groups excluding carboxylic acids is 1. The van der Waals surface area contributed by atoms with Gasteiger partial charge in [-0.2, -0.15) is 0 Å². The van der Waals surface area contributed by atoms with Crippen molar-refractivity contribution in [1.29, 1.82) is 0 Å². The second kappa shape index (κ2) is 5.84. The number of hydrogen-bond acceptors (Lipinski definition) is 3. The van der Waals surface area contributed by atoms with Gasteiger partial charge in [-0.15, -0.1) is 0 Å². The first-order valence-corrected chi connectivity index (χ1v) is 5.82. The fourth-order valence-corrected chi connectivity index (χ4v) is 1.85. The molecule has 0 saturated carbocycles. The normalized spacial score (nSPS) is 23.8. The fourth-order valence-electron chi connectivity index (χ4n) is 1.85. The number of carbonyl (C=O) groups is 2. The quantitative estimate of drug-likeness (QED) is 0.634. The van der Waals surface area contributed by atoms with Crippen molar-refractivity contribution in [3.8, 4) is 0 Å². The zero-order chi connectivity index (χ0) is 12.1. The van der Waals surface area contributed by atoms with Crippen LogP contribution in [0.5, 0.6) is 0 Å². The Morgan fingerprint density at radius 1 is 1.56 bits per heavy atom. The Kier molecular flexibility index (Phi) is 4.73. The third kappa shape index (κ3) is 3.20. The molecule has 92 valence electrons. The summed E-state index contributed by atoms with van der Waals surface area (Å²) in [5.74, 6) is -1.20.